The van der Waals surface area contributed by atoms with Crippen LogP contribution in [0, 0.1) is 5.92 Å². The number of piperidine rings is 1. The van der Waals surface area contributed by atoms with E-state index < -0.39 is 0 Å². The summed E-state index contributed by atoms with van der Waals surface area (Å²) in [6.07, 6.45) is 8.00. The molecule has 1 saturated heterocycles. The van der Waals surface area contributed by atoms with Crippen molar-refractivity contribution in [1.82, 2.24) is 0 Å². The third kappa shape index (κ3) is 2.64. The molecule has 2 aliphatic rings. The van der Waals surface area contributed by atoms with Gasteiger partial charge in [0.2, 0.25) is 0 Å². The van der Waals surface area contributed by atoms with Gasteiger partial charge in [-0.3, -0.25) is 0 Å². The van der Waals surface area contributed by atoms with Crippen LogP contribution in [0.3, 0.4) is 0 Å². The van der Waals surface area contributed by atoms with Gasteiger partial charge in [-0.15, -0.1) is 0 Å². The number of fused-ring (bicyclic) bond motifs is 1. The van der Waals surface area contributed by atoms with Crippen LogP contribution in [0.15, 0.2) is 24.3 Å². The van der Waals surface area contributed by atoms with Gasteiger partial charge in [-0.05, 0) is 56.2 Å². The lowest BCUT2D eigenvalue weighted by Gasteiger charge is -2.45. The number of anilines is 1. The van der Waals surface area contributed by atoms with Crippen LogP contribution in [0.1, 0.15) is 57.1 Å². The van der Waals surface area contributed by atoms with Gasteiger partial charge < -0.3 is 10.0 Å². The lowest BCUT2D eigenvalue weighted by Crippen LogP contribution is -2.46. The molecule has 2 fully saturated rings. The van der Waals surface area contributed by atoms with Crippen molar-refractivity contribution < 1.29 is 5.11 Å². The molecule has 0 spiro atoms. The van der Waals surface area contributed by atoms with Gasteiger partial charge in [-0.2, -0.15) is 0 Å². The Bertz CT molecular complexity index is 410. The van der Waals surface area contributed by atoms with Crippen LogP contribution >= 0.6 is 0 Å². The van der Waals surface area contributed by atoms with Crippen LogP contribution < -0.4 is 4.90 Å². The van der Waals surface area contributed by atoms with Gasteiger partial charge in [-0.1, -0.05) is 25.0 Å². The number of hydrogen-bond acceptors (Lipinski definition) is 2. The quantitative estimate of drug-likeness (QED) is 0.870. The highest BCUT2D eigenvalue weighted by Crippen LogP contribution is 2.37. The molecule has 1 aromatic carbocycles. The number of aliphatic hydroxyl groups excluding tert-OH is 1. The molecule has 19 heavy (non-hydrogen) atoms. The molecule has 1 aromatic rings. The van der Waals surface area contributed by atoms with Crippen molar-refractivity contribution in [2.24, 2.45) is 5.92 Å². The first-order valence-corrected chi connectivity index (χ1v) is 7.80. The van der Waals surface area contributed by atoms with Gasteiger partial charge in [0.1, 0.15) is 0 Å². The summed E-state index contributed by atoms with van der Waals surface area (Å²) in [7, 11) is 0. The first kappa shape index (κ1) is 13.0. The summed E-state index contributed by atoms with van der Waals surface area (Å²) in [5.74, 6) is 0.916. The predicted octanol–water partition coefficient (Wildman–Crippen LogP) is 3.90. The van der Waals surface area contributed by atoms with Crippen LogP contribution in [-0.2, 0) is 0 Å². The third-order valence-corrected chi connectivity index (χ3v) is 4.95. The molecule has 0 bridgehead atoms. The summed E-state index contributed by atoms with van der Waals surface area (Å²) >= 11 is 0. The third-order valence-electron chi connectivity index (χ3n) is 4.95. The highest BCUT2D eigenvalue weighted by Gasteiger charge is 2.33. The smallest absolute Gasteiger partial charge is 0.0761 e. The number of hydrogen-bond donors (Lipinski definition) is 1. The Labute approximate surface area is 116 Å². The van der Waals surface area contributed by atoms with E-state index in [1.165, 1.54) is 50.8 Å². The monoisotopic (exact) mass is 259 g/mol. The molecule has 1 saturated carbocycles. The fraction of sp³-hybridized carbons (Fsp3) is 0.647. The van der Waals surface area contributed by atoms with Crippen LogP contribution in [0.25, 0.3) is 0 Å². The van der Waals surface area contributed by atoms with Crippen molar-refractivity contribution in [3.8, 4) is 0 Å². The van der Waals surface area contributed by atoms with Crippen molar-refractivity contribution in [1.29, 1.82) is 0 Å². The van der Waals surface area contributed by atoms with Crippen LogP contribution in [-0.4, -0.2) is 17.7 Å². The molecule has 1 N–H and O–H groups in total. The summed E-state index contributed by atoms with van der Waals surface area (Å²) in [6.45, 7) is 3.03. The summed E-state index contributed by atoms with van der Waals surface area (Å²) in [6, 6.07) is 9.30. The van der Waals surface area contributed by atoms with Crippen molar-refractivity contribution >= 4 is 5.69 Å². The van der Waals surface area contributed by atoms with Crippen molar-refractivity contribution in [3.05, 3.63) is 29.8 Å². The van der Waals surface area contributed by atoms with E-state index in [2.05, 4.69) is 29.2 Å². The minimum atomic E-state index is -0.363. The molecule has 1 aliphatic heterocycles. The molecule has 2 nitrogen and oxygen atoms in total. The molecule has 0 radical (unpaired) electrons. The fourth-order valence-electron chi connectivity index (χ4n) is 3.89. The van der Waals surface area contributed by atoms with Gasteiger partial charge in [0.05, 0.1) is 6.10 Å². The van der Waals surface area contributed by atoms with Crippen LogP contribution in [0.4, 0.5) is 5.69 Å². The van der Waals surface area contributed by atoms with E-state index in [0.29, 0.717) is 0 Å². The molecule has 1 heterocycles. The second-order valence-electron chi connectivity index (χ2n) is 6.22. The maximum absolute atomic E-state index is 9.60. The summed E-state index contributed by atoms with van der Waals surface area (Å²) in [4.78, 5) is 2.62. The number of nitrogens with zero attached hydrogens (tertiary/aromatic N) is 1. The molecule has 3 atom stereocenters. The topological polar surface area (TPSA) is 23.5 Å². The summed E-state index contributed by atoms with van der Waals surface area (Å²) < 4.78 is 0. The van der Waals surface area contributed by atoms with Gasteiger partial charge in [0.25, 0.3) is 0 Å². The molecule has 0 aromatic heterocycles. The molecule has 0 unspecified atom stereocenters. The minimum Gasteiger partial charge on any atom is -0.389 e. The van der Waals surface area contributed by atoms with E-state index in [4.69, 9.17) is 0 Å². The normalized spacial score (nSPS) is 28.8. The Morgan fingerprint density at radius 3 is 2.47 bits per heavy atom. The average molecular weight is 259 g/mol. The standard InChI is InChI=1S/C17H25NO/c1-13(19)14-8-10-16(11-9-14)18-12-4-6-15-5-2-3-7-17(15)18/h8-11,13,15,17,19H,2-7,12H2,1H3/t13-,15-,17-/m1/s1. The molecule has 2 heteroatoms. The molecule has 104 valence electrons. The SMILES string of the molecule is C[C@@H](O)c1ccc(N2CCC[C@H]3CCCC[C@H]32)cc1. The van der Waals surface area contributed by atoms with Crippen molar-refractivity contribution in [3.63, 3.8) is 0 Å². The van der Waals surface area contributed by atoms with E-state index in [1.807, 2.05) is 6.92 Å². The molecular formula is C17H25NO. The number of aliphatic hydroxyl groups is 1. The van der Waals surface area contributed by atoms with Crippen molar-refractivity contribution in [2.75, 3.05) is 11.4 Å². The lowest BCUT2D eigenvalue weighted by molar-refractivity contribution is 0.199. The van der Waals surface area contributed by atoms with Crippen LogP contribution in [0.2, 0.25) is 0 Å². The largest absolute Gasteiger partial charge is 0.389 e. The van der Waals surface area contributed by atoms with Crippen LogP contribution in [0.5, 0.6) is 0 Å². The van der Waals surface area contributed by atoms with Crippen molar-refractivity contribution in [2.45, 2.75) is 57.6 Å². The van der Waals surface area contributed by atoms with E-state index >= 15 is 0 Å². The Hall–Kier alpha value is -1.02. The molecular weight excluding hydrogens is 234 g/mol. The predicted molar refractivity (Wildman–Crippen MR) is 79.4 cm³/mol. The van der Waals surface area contributed by atoms with Gasteiger partial charge in [0.15, 0.2) is 0 Å². The van der Waals surface area contributed by atoms with E-state index in [9.17, 15) is 5.11 Å². The Morgan fingerprint density at radius 2 is 1.74 bits per heavy atom. The number of benzene rings is 1. The maximum Gasteiger partial charge on any atom is 0.0761 e. The second-order valence-corrected chi connectivity index (χ2v) is 6.22. The van der Waals surface area contributed by atoms with E-state index in [1.54, 1.807) is 0 Å². The Balaban J connectivity index is 1.79. The van der Waals surface area contributed by atoms with Gasteiger partial charge >= 0.3 is 0 Å². The Kier molecular flexibility index (Phi) is 3.79. The highest BCUT2D eigenvalue weighted by molar-refractivity contribution is 5.49. The average Bonchev–Trinajstić information content (AvgIpc) is 2.47. The zero-order valence-electron chi connectivity index (χ0n) is 11.9. The lowest BCUT2D eigenvalue weighted by atomic mass is 9.78. The second kappa shape index (κ2) is 5.54. The minimum absolute atomic E-state index is 0.363. The summed E-state index contributed by atoms with van der Waals surface area (Å²) in [5, 5.41) is 9.60. The summed E-state index contributed by atoms with van der Waals surface area (Å²) in [5.41, 5.74) is 2.36. The van der Waals surface area contributed by atoms with Gasteiger partial charge in [0, 0.05) is 18.3 Å². The van der Waals surface area contributed by atoms with E-state index in [-0.39, 0.29) is 6.10 Å². The zero-order chi connectivity index (χ0) is 13.2. The molecule has 3 rings (SSSR count). The Morgan fingerprint density at radius 1 is 1.05 bits per heavy atom. The molecule has 0 amide bonds. The molecule has 1 aliphatic carbocycles. The fourth-order valence-corrected chi connectivity index (χ4v) is 3.89. The first-order chi connectivity index (χ1) is 9.25. The first-order valence-electron chi connectivity index (χ1n) is 7.80. The number of rotatable bonds is 2. The van der Waals surface area contributed by atoms with Gasteiger partial charge in [-0.25, -0.2) is 0 Å². The van der Waals surface area contributed by atoms with E-state index in [0.717, 1.165) is 17.5 Å². The highest BCUT2D eigenvalue weighted by atomic mass is 16.3. The maximum atomic E-state index is 9.60. The zero-order valence-corrected chi connectivity index (χ0v) is 11.9.